The molecule has 1 heterocycles. The molecule has 0 spiro atoms. The van der Waals surface area contributed by atoms with Crippen molar-refractivity contribution in [2.45, 2.75) is 20.0 Å². The molecule has 0 N–H and O–H groups in total. The number of benzene rings is 3. The summed E-state index contributed by atoms with van der Waals surface area (Å²) in [5.74, 6) is -1.27. The highest BCUT2D eigenvalue weighted by Gasteiger charge is 2.34. The highest BCUT2D eigenvalue weighted by Crippen LogP contribution is 2.37. The minimum Gasteiger partial charge on any atom is -0.256 e. The van der Waals surface area contributed by atoms with Crippen LogP contribution in [0.4, 0.5) is 17.6 Å². The number of nitrogens with zero attached hydrogens (tertiary/aromatic N) is 1. The van der Waals surface area contributed by atoms with E-state index in [1.54, 1.807) is 24.4 Å². The zero-order valence-electron chi connectivity index (χ0n) is 14.7. The van der Waals surface area contributed by atoms with Crippen molar-refractivity contribution >= 4 is 21.5 Å². The van der Waals surface area contributed by atoms with Crippen LogP contribution in [0.5, 0.6) is 0 Å². The van der Waals surface area contributed by atoms with Gasteiger partial charge >= 0.3 is 6.18 Å². The molecule has 0 saturated carbocycles. The average Bonchev–Trinajstić information content (AvgIpc) is 2.58. The molecule has 0 bridgehead atoms. The van der Waals surface area contributed by atoms with Crippen LogP contribution in [0, 0.1) is 19.7 Å². The lowest BCUT2D eigenvalue weighted by atomic mass is 9.96. The Kier molecular flexibility index (Phi) is 3.91. The second-order valence-electron chi connectivity index (χ2n) is 6.75. The van der Waals surface area contributed by atoms with E-state index >= 15 is 0 Å². The topological polar surface area (TPSA) is 12.9 Å². The van der Waals surface area contributed by atoms with Crippen molar-refractivity contribution in [1.29, 1.82) is 0 Å². The first-order valence-corrected chi connectivity index (χ1v) is 8.41. The summed E-state index contributed by atoms with van der Waals surface area (Å²) >= 11 is 0. The van der Waals surface area contributed by atoms with Gasteiger partial charge in [0.05, 0.1) is 11.3 Å². The first-order chi connectivity index (χ1) is 12.7. The van der Waals surface area contributed by atoms with Crippen molar-refractivity contribution in [3.8, 4) is 11.3 Å². The van der Waals surface area contributed by atoms with Gasteiger partial charge in [-0.3, -0.25) is 4.98 Å². The van der Waals surface area contributed by atoms with Crippen LogP contribution in [0.25, 0.3) is 32.8 Å². The summed E-state index contributed by atoms with van der Waals surface area (Å²) in [6.07, 6.45) is -3.17. The number of hydrogen-bond acceptors (Lipinski definition) is 1. The zero-order chi connectivity index (χ0) is 19.3. The van der Waals surface area contributed by atoms with Crippen LogP contribution in [-0.4, -0.2) is 4.98 Å². The number of aromatic nitrogens is 1. The Morgan fingerprint density at radius 1 is 0.778 bits per heavy atom. The number of halogens is 4. The Bertz CT molecular complexity index is 1170. The van der Waals surface area contributed by atoms with Crippen molar-refractivity contribution in [1.82, 2.24) is 4.98 Å². The van der Waals surface area contributed by atoms with E-state index in [0.717, 1.165) is 34.2 Å². The molecule has 27 heavy (non-hydrogen) atoms. The molecule has 0 unspecified atom stereocenters. The van der Waals surface area contributed by atoms with Gasteiger partial charge < -0.3 is 0 Å². The van der Waals surface area contributed by atoms with Crippen molar-refractivity contribution in [2.75, 3.05) is 0 Å². The first-order valence-electron chi connectivity index (χ1n) is 8.41. The van der Waals surface area contributed by atoms with Gasteiger partial charge in [0.15, 0.2) is 0 Å². The van der Waals surface area contributed by atoms with E-state index in [-0.39, 0.29) is 0 Å². The summed E-state index contributed by atoms with van der Waals surface area (Å²) in [6, 6.07) is 12.9. The Hall–Kier alpha value is -2.95. The number of aryl methyl sites for hydroxylation is 2. The standard InChI is InChI=1S/C22H15F4N/c1-12-7-13(2)9-15(8-12)21-17-4-3-14-10-20(23)19(22(24,25)26)11-18(14)16(17)5-6-27-21/h3-11H,1-2H3. The maximum atomic E-state index is 13.9. The number of alkyl halides is 3. The van der Waals surface area contributed by atoms with E-state index in [9.17, 15) is 17.6 Å². The quantitative estimate of drug-likeness (QED) is 0.265. The van der Waals surface area contributed by atoms with E-state index in [4.69, 9.17) is 0 Å². The molecule has 5 heteroatoms. The second-order valence-corrected chi connectivity index (χ2v) is 6.75. The fourth-order valence-corrected chi connectivity index (χ4v) is 3.57. The molecule has 1 nitrogen and oxygen atoms in total. The van der Waals surface area contributed by atoms with Gasteiger partial charge in [-0.2, -0.15) is 13.2 Å². The highest BCUT2D eigenvalue weighted by atomic mass is 19.4. The van der Waals surface area contributed by atoms with E-state index in [0.29, 0.717) is 21.9 Å². The van der Waals surface area contributed by atoms with Crippen molar-refractivity contribution in [3.05, 3.63) is 77.2 Å². The molecule has 136 valence electrons. The number of pyridine rings is 1. The first kappa shape index (κ1) is 17.5. The second kappa shape index (κ2) is 6.05. The van der Waals surface area contributed by atoms with Gasteiger partial charge in [-0.25, -0.2) is 4.39 Å². The van der Waals surface area contributed by atoms with Gasteiger partial charge in [0, 0.05) is 17.1 Å². The molecule has 0 aliphatic rings. The fraction of sp³-hybridized carbons (Fsp3) is 0.136. The van der Waals surface area contributed by atoms with Crippen LogP contribution in [0.15, 0.2) is 54.7 Å². The number of rotatable bonds is 1. The monoisotopic (exact) mass is 369 g/mol. The summed E-state index contributed by atoms with van der Waals surface area (Å²) < 4.78 is 53.4. The van der Waals surface area contributed by atoms with Crippen LogP contribution < -0.4 is 0 Å². The maximum Gasteiger partial charge on any atom is 0.419 e. The lowest BCUT2D eigenvalue weighted by Crippen LogP contribution is -2.08. The van der Waals surface area contributed by atoms with Gasteiger partial charge in [-0.05, 0) is 60.3 Å². The summed E-state index contributed by atoms with van der Waals surface area (Å²) in [5, 5.41) is 2.12. The van der Waals surface area contributed by atoms with E-state index < -0.39 is 17.6 Å². The Balaban J connectivity index is 2.06. The third kappa shape index (κ3) is 3.03. The molecule has 4 aromatic rings. The lowest BCUT2D eigenvalue weighted by Gasteiger charge is -2.13. The molecule has 1 aromatic heterocycles. The molecular formula is C22H15F4N. The third-order valence-electron chi connectivity index (χ3n) is 4.65. The predicted octanol–water partition coefficient (Wildman–Crippen LogP) is 6.83. The molecule has 3 aromatic carbocycles. The Morgan fingerprint density at radius 2 is 1.48 bits per heavy atom. The summed E-state index contributed by atoms with van der Waals surface area (Å²) in [5.41, 5.74) is 2.49. The summed E-state index contributed by atoms with van der Waals surface area (Å²) in [7, 11) is 0. The van der Waals surface area contributed by atoms with Gasteiger partial charge in [-0.1, -0.05) is 29.3 Å². The maximum absolute atomic E-state index is 13.9. The van der Waals surface area contributed by atoms with Crippen LogP contribution in [-0.2, 0) is 6.18 Å². The fourth-order valence-electron chi connectivity index (χ4n) is 3.57. The van der Waals surface area contributed by atoms with Crippen molar-refractivity contribution in [2.24, 2.45) is 0 Å². The molecule has 0 fully saturated rings. The molecular weight excluding hydrogens is 354 g/mol. The van der Waals surface area contributed by atoms with Gasteiger partial charge in [0.1, 0.15) is 5.82 Å². The van der Waals surface area contributed by atoms with Crippen molar-refractivity contribution in [3.63, 3.8) is 0 Å². The average molecular weight is 369 g/mol. The van der Waals surface area contributed by atoms with E-state index in [2.05, 4.69) is 4.98 Å². The highest BCUT2D eigenvalue weighted by molar-refractivity contribution is 6.11. The van der Waals surface area contributed by atoms with Crippen LogP contribution in [0.1, 0.15) is 16.7 Å². The smallest absolute Gasteiger partial charge is 0.256 e. The third-order valence-corrected chi connectivity index (χ3v) is 4.65. The number of hydrogen-bond donors (Lipinski definition) is 0. The van der Waals surface area contributed by atoms with Gasteiger partial charge in [0.2, 0.25) is 0 Å². The van der Waals surface area contributed by atoms with E-state index in [1.807, 2.05) is 32.0 Å². The van der Waals surface area contributed by atoms with E-state index in [1.165, 1.54) is 0 Å². The molecule has 0 radical (unpaired) electrons. The molecule has 0 saturated heterocycles. The molecule has 0 aliphatic heterocycles. The van der Waals surface area contributed by atoms with Crippen LogP contribution >= 0.6 is 0 Å². The Morgan fingerprint density at radius 3 is 2.15 bits per heavy atom. The molecule has 0 amide bonds. The van der Waals surface area contributed by atoms with Gasteiger partial charge in [0.25, 0.3) is 0 Å². The predicted molar refractivity (Wildman–Crippen MR) is 99.1 cm³/mol. The molecule has 4 rings (SSSR count). The lowest BCUT2D eigenvalue weighted by molar-refractivity contribution is -0.139. The minimum absolute atomic E-state index is 0.356. The normalized spacial score (nSPS) is 12.1. The summed E-state index contributed by atoms with van der Waals surface area (Å²) in [4.78, 5) is 4.46. The van der Waals surface area contributed by atoms with Crippen LogP contribution in [0.2, 0.25) is 0 Å². The Labute approximate surface area is 153 Å². The number of fused-ring (bicyclic) bond motifs is 3. The van der Waals surface area contributed by atoms with Gasteiger partial charge in [-0.15, -0.1) is 0 Å². The van der Waals surface area contributed by atoms with Crippen LogP contribution in [0.3, 0.4) is 0 Å². The summed E-state index contributed by atoms with van der Waals surface area (Å²) in [6.45, 7) is 3.96. The largest absolute Gasteiger partial charge is 0.419 e. The minimum atomic E-state index is -4.75. The SMILES string of the molecule is Cc1cc(C)cc(-c2nccc3c2ccc2cc(F)c(C(F)(F)F)cc23)c1. The van der Waals surface area contributed by atoms with Crippen molar-refractivity contribution < 1.29 is 17.6 Å². The molecule has 0 atom stereocenters. The molecule has 0 aliphatic carbocycles. The zero-order valence-corrected chi connectivity index (χ0v) is 14.7.